The van der Waals surface area contributed by atoms with Gasteiger partial charge in [-0.1, -0.05) is 42.1 Å². The Kier molecular flexibility index (Phi) is 7.26. The second-order valence-corrected chi connectivity index (χ2v) is 5.58. The Hall–Kier alpha value is -0.0700. The average Bonchev–Trinajstić information content (AvgIpc) is 2.17. The van der Waals surface area contributed by atoms with Crippen molar-refractivity contribution in [3.05, 3.63) is 35.9 Å². The Balaban J connectivity index is 0.00000225. The molecule has 0 amide bonds. The van der Waals surface area contributed by atoms with Crippen LogP contribution in [0.3, 0.4) is 0 Å². The molecule has 0 aromatic heterocycles. The van der Waals surface area contributed by atoms with Gasteiger partial charge in [0.05, 0.1) is 33.4 Å². The standard InChI is InChI=1S/C12H18NOS.HI/c1-13(2,3)9-10-15-12(14)11-7-5-4-6-8-11;/h4-8H,9-10H2,1-3H3;1H/q+1;/p-1. The molecule has 4 heteroatoms. The first-order chi connectivity index (χ1) is 6.99. The van der Waals surface area contributed by atoms with Crippen LogP contribution in [0.5, 0.6) is 0 Å². The number of quaternary nitrogens is 1. The predicted molar refractivity (Wildman–Crippen MR) is 66.1 cm³/mol. The fourth-order valence-corrected chi connectivity index (χ4v) is 2.20. The number of nitrogens with zero attached hydrogens (tertiary/aromatic N) is 1. The van der Waals surface area contributed by atoms with E-state index in [-0.39, 0.29) is 29.1 Å². The minimum atomic E-state index is 0. The summed E-state index contributed by atoms with van der Waals surface area (Å²) in [4.78, 5) is 11.7. The van der Waals surface area contributed by atoms with E-state index in [1.807, 2.05) is 30.3 Å². The number of halogens is 1. The molecule has 0 radical (unpaired) electrons. The van der Waals surface area contributed by atoms with Gasteiger partial charge in [-0.2, -0.15) is 0 Å². The van der Waals surface area contributed by atoms with Crippen molar-refractivity contribution >= 4 is 16.9 Å². The van der Waals surface area contributed by atoms with Gasteiger partial charge in [-0.25, -0.2) is 0 Å². The summed E-state index contributed by atoms with van der Waals surface area (Å²) in [5.41, 5.74) is 0.795. The fraction of sp³-hybridized carbons (Fsp3) is 0.417. The number of carbonyl (C=O) groups is 1. The molecule has 90 valence electrons. The smallest absolute Gasteiger partial charge is 0.219 e. The van der Waals surface area contributed by atoms with Crippen molar-refractivity contribution in [2.24, 2.45) is 0 Å². The van der Waals surface area contributed by atoms with Crippen LogP contribution in [-0.2, 0) is 0 Å². The van der Waals surface area contributed by atoms with Gasteiger partial charge in [0.1, 0.15) is 0 Å². The molecule has 1 aromatic carbocycles. The lowest BCUT2D eigenvalue weighted by atomic mass is 10.2. The minimum absolute atomic E-state index is 0. The van der Waals surface area contributed by atoms with Gasteiger partial charge < -0.3 is 28.5 Å². The van der Waals surface area contributed by atoms with Gasteiger partial charge in [0.15, 0.2) is 0 Å². The first kappa shape index (κ1) is 15.9. The molecule has 0 aliphatic carbocycles. The van der Waals surface area contributed by atoms with Gasteiger partial charge in [0.2, 0.25) is 5.12 Å². The van der Waals surface area contributed by atoms with Crippen LogP contribution < -0.4 is 24.0 Å². The van der Waals surface area contributed by atoms with Crippen molar-refractivity contribution in [2.45, 2.75) is 0 Å². The topological polar surface area (TPSA) is 17.1 Å². The number of carbonyl (C=O) groups excluding carboxylic acids is 1. The summed E-state index contributed by atoms with van der Waals surface area (Å²) in [5.74, 6) is 0.872. The van der Waals surface area contributed by atoms with Crippen molar-refractivity contribution in [3.63, 3.8) is 0 Å². The van der Waals surface area contributed by atoms with E-state index in [0.29, 0.717) is 0 Å². The van der Waals surface area contributed by atoms with Gasteiger partial charge >= 0.3 is 0 Å². The zero-order chi connectivity index (χ0) is 11.3. The molecule has 0 saturated carbocycles. The molecular weight excluding hydrogens is 333 g/mol. The van der Waals surface area contributed by atoms with Crippen molar-refractivity contribution in [1.29, 1.82) is 0 Å². The van der Waals surface area contributed by atoms with Crippen LogP contribution in [0.15, 0.2) is 30.3 Å². The van der Waals surface area contributed by atoms with E-state index in [2.05, 4.69) is 21.1 Å². The van der Waals surface area contributed by atoms with Crippen LogP contribution in [-0.4, -0.2) is 43.0 Å². The minimum Gasteiger partial charge on any atom is -1.00 e. The second-order valence-electron chi connectivity index (χ2n) is 4.52. The monoisotopic (exact) mass is 351 g/mol. The summed E-state index contributed by atoms with van der Waals surface area (Å²) >= 11 is 1.40. The molecule has 0 fully saturated rings. The molecular formula is C12H18INOS. The zero-order valence-electron chi connectivity index (χ0n) is 9.94. The van der Waals surface area contributed by atoms with Gasteiger partial charge in [-0.3, -0.25) is 4.79 Å². The molecule has 0 atom stereocenters. The van der Waals surface area contributed by atoms with Gasteiger partial charge in [-0.05, 0) is 0 Å². The predicted octanol–water partition coefficient (Wildman–Crippen LogP) is -0.730. The largest absolute Gasteiger partial charge is 1.00 e. The Labute approximate surface area is 119 Å². The van der Waals surface area contributed by atoms with Gasteiger partial charge in [0.25, 0.3) is 0 Å². The van der Waals surface area contributed by atoms with Crippen LogP contribution in [0, 0.1) is 0 Å². The van der Waals surface area contributed by atoms with E-state index in [9.17, 15) is 4.79 Å². The van der Waals surface area contributed by atoms with Crippen molar-refractivity contribution in [3.8, 4) is 0 Å². The molecule has 0 spiro atoms. The van der Waals surface area contributed by atoms with Crippen molar-refractivity contribution < 1.29 is 33.3 Å². The molecule has 16 heavy (non-hydrogen) atoms. The number of hydrogen-bond acceptors (Lipinski definition) is 2. The quantitative estimate of drug-likeness (QED) is 0.526. The van der Waals surface area contributed by atoms with Crippen molar-refractivity contribution in [1.82, 2.24) is 0 Å². The number of thioether (sulfide) groups is 1. The maximum absolute atomic E-state index is 11.7. The highest BCUT2D eigenvalue weighted by molar-refractivity contribution is 8.14. The Morgan fingerprint density at radius 2 is 1.75 bits per heavy atom. The lowest BCUT2D eigenvalue weighted by Gasteiger charge is -2.23. The highest BCUT2D eigenvalue weighted by atomic mass is 127. The summed E-state index contributed by atoms with van der Waals surface area (Å²) < 4.78 is 0.898. The van der Waals surface area contributed by atoms with E-state index >= 15 is 0 Å². The van der Waals surface area contributed by atoms with Crippen LogP contribution >= 0.6 is 11.8 Å². The second kappa shape index (κ2) is 7.29. The SMILES string of the molecule is C[N+](C)(C)CCSC(=O)c1ccccc1.[I-]. The number of benzene rings is 1. The van der Waals surface area contributed by atoms with E-state index in [0.717, 1.165) is 22.3 Å². The summed E-state index contributed by atoms with van der Waals surface area (Å²) in [7, 11) is 6.40. The van der Waals surface area contributed by atoms with Crippen LogP contribution in [0.1, 0.15) is 10.4 Å². The van der Waals surface area contributed by atoms with Crippen LogP contribution in [0.25, 0.3) is 0 Å². The maximum Gasteiger partial charge on any atom is 0.219 e. The average molecular weight is 351 g/mol. The lowest BCUT2D eigenvalue weighted by molar-refractivity contribution is -0.867. The first-order valence-electron chi connectivity index (χ1n) is 5.02. The zero-order valence-corrected chi connectivity index (χ0v) is 12.9. The first-order valence-corrected chi connectivity index (χ1v) is 6.00. The van der Waals surface area contributed by atoms with Crippen LogP contribution in [0.2, 0.25) is 0 Å². The Morgan fingerprint density at radius 1 is 1.19 bits per heavy atom. The highest BCUT2D eigenvalue weighted by Crippen LogP contribution is 2.12. The summed E-state index contributed by atoms with van der Waals surface area (Å²) in [5, 5.41) is 0.170. The van der Waals surface area contributed by atoms with E-state index in [1.54, 1.807) is 0 Å². The lowest BCUT2D eigenvalue weighted by Crippen LogP contribution is -3.00. The molecule has 0 aliphatic rings. The Morgan fingerprint density at radius 3 is 2.25 bits per heavy atom. The van der Waals surface area contributed by atoms with Gasteiger partial charge in [0, 0.05) is 5.56 Å². The molecule has 1 aromatic rings. The van der Waals surface area contributed by atoms with E-state index in [4.69, 9.17) is 0 Å². The molecule has 0 heterocycles. The van der Waals surface area contributed by atoms with Gasteiger partial charge in [-0.15, -0.1) is 0 Å². The summed E-state index contributed by atoms with van der Waals surface area (Å²) in [6.45, 7) is 1.00. The normalized spacial score (nSPS) is 10.7. The maximum atomic E-state index is 11.7. The molecule has 0 aliphatic heterocycles. The third kappa shape index (κ3) is 6.50. The number of rotatable bonds is 4. The fourth-order valence-electron chi connectivity index (χ4n) is 1.07. The molecule has 0 unspecified atom stereocenters. The molecule has 0 bridgehead atoms. The highest BCUT2D eigenvalue weighted by Gasteiger charge is 2.10. The third-order valence-electron chi connectivity index (χ3n) is 2.00. The summed E-state index contributed by atoms with van der Waals surface area (Å²) in [6, 6.07) is 9.44. The summed E-state index contributed by atoms with van der Waals surface area (Å²) in [6.07, 6.45) is 0. The molecule has 1 rings (SSSR count). The van der Waals surface area contributed by atoms with Crippen molar-refractivity contribution in [2.75, 3.05) is 33.4 Å². The molecule has 2 nitrogen and oxygen atoms in total. The molecule has 0 saturated heterocycles. The van der Waals surface area contributed by atoms with E-state index < -0.39 is 0 Å². The number of hydrogen-bond donors (Lipinski definition) is 0. The van der Waals surface area contributed by atoms with E-state index in [1.165, 1.54) is 11.8 Å². The third-order valence-corrected chi connectivity index (χ3v) is 2.89. The Bertz CT molecular complexity index is 322. The van der Waals surface area contributed by atoms with Crippen LogP contribution in [0.4, 0.5) is 0 Å². The molecule has 0 N–H and O–H groups in total.